The first-order chi connectivity index (χ1) is 16.9. The molecule has 0 fully saturated rings. The number of para-hydroxylation sites is 1. The molecule has 1 amide bonds. The second-order valence-electron chi connectivity index (χ2n) is 7.32. The van der Waals surface area contributed by atoms with E-state index in [1.165, 1.54) is 29.2 Å². The van der Waals surface area contributed by atoms with E-state index in [0.29, 0.717) is 26.8 Å². The van der Waals surface area contributed by atoms with Gasteiger partial charge in [-0.15, -0.1) is 10.2 Å². The van der Waals surface area contributed by atoms with Crippen LogP contribution in [0.5, 0.6) is 0 Å². The lowest BCUT2D eigenvalue weighted by atomic mass is 10.2. The SMILES string of the molecule is O=C(CSc1nnc(Cc2cc(=O)[nH]c(=O)[nH]2)n1-c1ccc(Cl)cc1)Nc1nc2ccccc2s1. The summed E-state index contributed by atoms with van der Waals surface area (Å²) in [5, 5.41) is 12.9. The number of hydrogen-bond acceptors (Lipinski definition) is 8. The molecule has 13 heteroatoms. The Labute approximate surface area is 210 Å². The fourth-order valence-electron chi connectivity index (χ4n) is 3.35. The van der Waals surface area contributed by atoms with Crippen molar-refractivity contribution in [2.24, 2.45) is 0 Å². The van der Waals surface area contributed by atoms with E-state index < -0.39 is 11.2 Å². The van der Waals surface area contributed by atoms with E-state index in [2.05, 4.69) is 30.5 Å². The van der Waals surface area contributed by atoms with Crippen LogP contribution in [0.3, 0.4) is 0 Å². The molecule has 0 unspecified atom stereocenters. The Bertz CT molecular complexity index is 1580. The molecule has 2 aromatic carbocycles. The van der Waals surface area contributed by atoms with Crippen LogP contribution < -0.4 is 16.6 Å². The van der Waals surface area contributed by atoms with Crippen LogP contribution in [0.4, 0.5) is 5.13 Å². The smallest absolute Gasteiger partial charge is 0.311 e. The Balaban J connectivity index is 1.38. The largest absolute Gasteiger partial charge is 0.325 e. The number of aromatic nitrogens is 6. The minimum atomic E-state index is -0.605. The van der Waals surface area contributed by atoms with Crippen LogP contribution in [0, 0.1) is 0 Å². The van der Waals surface area contributed by atoms with Gasteiger partial charge in [-0.2, -0.15) is 0 Å². The van der Waals surface area contributed by atoms with Gasteiger partial charge in [-0.05, 0) is 36.4 Å². The predicted molar refractivity (Wildman–Crippen MR) is 136 cm³/mol. The van der Waals surface area contributed by atoms with Gasteiger partial charge in [0, 0.05) is 28.9 Å². The van der Waals surface area contributed by atoms with Crippen LogP contribution in [-0.4, -0.2) is 41.4 Å². The van der Waals surface area contributed by atoms with Crippen molar-refractivity contribution in [1.29, 1.82) is 0 Å². The number of thioether (sulfide) groups is 1. The van der Waals surface area contributed by atoms with Gasteiger partial charge in [0.1, 0.15) is 5.82 Å². The molecular weight excluding hydrogens is 510 g/mol. The third kappa shape index (κ3) is 5.34. The number of carbonyl (C=O) groups is 1. The van der Waals surface area contributed by atoms with Gasteiger partial charge in [0.2, 0.25) is 5.91 Å². The van der Waals surface area contributed by atoms with Crippen molar-refractivity contribution in [2.75, 3.05) is 11.1 Å². The molecule has 3 aromatic heterocycles. The second kappa shape index (κ2) is 9.86. The number of nitrogens with one attached hydrogen (secondary N) is 3. The van der Waals surface area contributed by atoms with Gasteiger partial charge in [-0.3, -0.25) is 19.1 Å². The van der Waals surface area contributed by atoms with E-state index in [1.807, 2.05) is 24.3 Å². The Morgan fingerprint density at radius 1 is 1.09 bits per heavy atom. The van der Waals surface area contributed by atoms with Crippen molar-refractivity contribution in [3.8, 4) is 5.69 Å². The predicted octanol–water partition coefficient (Wildman–Crippen LogP) is 3.23. The maximum absolute atomic E-state index is 12.6. The van der Waals surface area contributed by atoms with E-state index in [-0.39, 0.29) is 18.1 Å². The molecule has 0 bridgehead atoms. The number of thiazole rings is 1. The number of H-pyrrole nitrogens is 2. The summed E-state index contributed by atoms with van der Waals surface area (Å²) in [5.74, 6) is 0.312. The lowest BCUT2D eigenvalue weighted by Gasteiger charge is -2.10. The normalized spacial score (nSPS) is 11.1. The fraction of sp³-hybridized carbons (Fsp3) is 0.0909. The third-order valence-electron chi connectivity index (χ3n) is 4.82. The molecule has 3 heterocycles. The average Bonchev–Trinajstić information content (AvgIpc) is 3.41. The van der Waals surface area contributed by atoms with E-state index in [4.69, 9.17) is 11.6 Å². The minimum Gasteiger partial charge on any atom is -0.311 e. The van der Waals surface area contributed by atoms with Crippen LogP contribution in [0.1, 0.15) is 11.5 Å². The molecule has 35 heavy (non-hydrogen) atoms. The maximum Gasteiger partial charge on any atom is 0.325 e. The van der Waals surface area contributed by atoms with E-state index in [9.17, 15) is 14.4 Å². The standard InChI is InChI=1S/C22H16ClN7O3S2/c23-12-5-7-14(8-6-12)30-17(9-13-10-18(31)26-20(33)24-13)28-29-22(30)34-11-19(32)27-21-25-15-3-1-2-4-16(15)35-21/h1-8,10H,9,11H2,(H,25,27,32)(H2,24,26,31,33). The average molecular weight is 526 g/mol. The highest BCUT2D eigenvalue weighted by atomic mass is 35.5. The molecule has 176 valence electrons. The Morgan fingerprint density at radius 3 is 2.66 bits per heavy atom. The summed E-state index contributed by atoms with van der Waals surface area (Å²) >= 11 is 8.65. The molecule has 3 N–H and O–H groups in total. The molecule has 10 nitrogen and oxygen atoms in total. The zero-order chi connectivity index (χ0) is 24.4. The number of amides is 1. The summed E-state index contributed by atoms with van der Waals surface area (Å²) in [7, 11) is 0. The molecule has 5 rings (SSSR count). The van der Waals surface area contributed by atoms with Crippen molar-refractivity contribution in [2.45, 2.75) is 11.6 Å². The molecule has 0 atom stereocenters. The molecule has 5 aromatic rings. The Morgan fingerprint density at radius 2 is 1.89 bits per heavy atom. The van der Waals surface area contributed by atoms with Gasteiger partial charge in [-0.1, -0.05) is 46.8 Å². The zero-order valence-electron chi connectivity index (χ0n) is 17.8. The number of fused-ring (bicyclic) bond motifs is 1. The van der Waals surface area contributed by atoms with Crippen molar-refractivity contribution < 1.29 is 4.79 Å². The third-order valence-corrected chi connectivity index (χ3v) is 6.96. The van der Waals surface area contributed by atoms with E-state index in [1.54, 1.807) is 28.8 Å². The van der Waals surface area contributed by atoms with Crippen molar-refractivity contribution in [3.63, 3.8) is 0 Å². The first-order valence-electron chi connectivity index (χ1n) is 10.3. The van der Waals surface area contributed by atoms with E-state index in [0.717, 1.165) is 15.9 Å². The Hall–Kier alpha value is -3.74. The molecule has 0 spiro atoms. The lowest BCUT2D eigenvalue weighted by molar-refractivity contribution is -0.113. The molecule has 0 aliphatic rings. The highest BCUT2D eigenvalue weighted by Gasteiger charge is 2.18. The molecule has 0 aliphatic carbocycles. The molecule has 0 aliphatic heterocycles. The summed E-state index contributed by atoms with van der Waals surface area (Å²) in [5.41, 5.74) is 0.807. The highest BCUT2D eigenvalue weighted by molar-refractivity contribution is 7.99. The first kappa shape index (κ1) is 23.0. The fourth-order valence-corrected chi connectivity index (χ4v) is 5.13. The quantitative estimate of drug-likeness (QED) is 0.277. The number of halogens is 1. The van der Waals surface area contributed by atoms with Crippen molar-refractivity contribution in [3.05, 3.63) is 92.0 Å². The van der Waals surface area contributed by atoms with Crippen LogP contribution >= 0.6 is 34.7 Å². The van der Waals surface area contributed by atoms with Gasteiger partial charge in [0.25, 0.3) is 5.56 Å². The number of carbonyl (C=O) groups excluding carboxylic acids is 1. The first-order valence-corrected chi connectivity index (χ1v) is 12.4. The van der Waals surface area contributed by atoms with Crippen molar-refractivity contribution >= 4 is 56.0 Å². The highest BCUT2D eigenvalue weighted by Crippen LogP contribution is 2.27. The van der Waals surface area contributed by atoms with Gasteiger partial charge < -0.3 is 10.3 Å². The van der Waals surface area contributed by atoms with Gasteiger partial charge in [0.15, 0.2) is 10.3 Å². The van der Waals surface area contributed by atoms with Crippen LogP contribution in [0.15, 0.2) is 69.3 Å². The van der Waals surface area contributed by atoms with Crippen LogP contribution in [0.25, 0.3) is 15.9 Å². The molecule has 0 saturated carbocycles. The monoisotopic (exact) mass is 525 g/mol. The number of rotatable bonds is 7. The Kier molecular flexibility index (Phi) is 6.49. The van der Waals surface area contributed by atoms with Gasteiger partial charge >= 0.3 is 5.69 Å². The number of hydrogen-bond donors (Lipinski definition) is 3. The number of nitrogens with zero attached hydrogens (tertiary/aromatic N) is 4. The molecule has 0 radical (unpaired) electrons. The van der Waals surface area contributed by atoms with Gasteiger partial charge in [0.05, 0.1) is 16.0 Å². The summed E-state index contributed by atoms with van der Waals surface area (Å²) in [6, 6.07) is 16.0. The van der Waals surface area contributed by atoms with Crippen LogP contribution in [-0.2, 0) is 11.2 Å². The minimum absolute atomic E-state index is 0.0729. The van der Waals surface area contributed by atoms with Crippen LogP contribution in [0.2, 0.25) is 5.02 Å². The second-order valence-corrected chi connectivity index (χ2v) is 9.73. The molecule has 0 saturated heterocycles. The van der Waals surface area contributed by atoms with E-state index >= 15 is 0 Å². The summed E-state index contributed by atoms with van der Waals surface area (Å²) in [4.78, 5) is 45.1. The topological polar surface area (TPSA) is 138 Å². The van der Waals surface area contributed by atoms with Crippen molar-refractivity contribution in [1.82, 2.24) is 29.7 Å². The maximum atomic E-state index is 12.6. The summed E-state index contributed by atoms with van der Waals surface area (Å²) in [6.45, 7) is 0. The number of aromatic amines is 2. The summed E-state index contributed by atoms with van der Waals surface area (Å²) < 4.78 is 2.74. The molecular formula is C22H16ClN7O3S2. The number of anilines is 1. The number of benzene rings is 2. The lowest BCUT2D eigenvalue weighted by Crippen LogP contribution is -2.23. The van der Waals surface area contributed by atoms with Gasteiger partial charge in [-0.25, -0.2) is 9.78 Å². The zero-order valence-corrected chi connectivity index (χ0v) is 20.2. The summed E-state index contributed by atoms with van der Waals surface area (Å²) in [6.07, 6.45) is 0.146.